The molecule has 0 unspecified atom stereocenters. The summed E-state index contributed by atoms with van der Waals surface area (Å²) in [6.45, 7) is 1.90. The first-order chi connectivity index (χ1) is 9.46. The van der Waals surface area contributed by atoms with Crippen LogP contribution in [-0.2, 0) is 4.79 Å². The van der Waals surface area contributed by atoms with Gasteiger partial charge in [0.15, 0.2) is 0 Å². The minimum atomic E-state index is -0.883. The number of hydrogen-bond acceptors (Lipinski definition) is 3. The number of carboxylic acids is 1. The Labute approximate surface area is 117 Å². The van der Waals surface area contributed by atoms with Crippen LogP contribution in [-0.4, -0.2) is 29.6 Å². The molecule has 0 aromatic heterocycles. The number of aryl methyl sites for hydroxylation is 1. The average molecular weight is 277 g/mol. The molecule has 1 aromatic rings. The molecule has 2 rings (SSSR count). The number of nitrogens with one attached hydrogen (secondary N) is 1. The monoisotopic (exact) mass is 277 g/mol. The fourth-order valence-electron chi connectivity index (χ4n) is 2.51. The number of benzene rings is 1. The molecule has 2 N–H and O–H groups in total. The quantitative estimate of drug-likeness (QED) is 0.864. The Kier molecular flexibility index (Phi) is 3.97. The molecule has 5 heteroatoms. The molecule has 0 bridgehead atoms. The van der Waals surface area contributed by atoms with E-state index >= 15 is 0 Å². The van der Waals surface area contributed by atoms with Crippen LogP contribution in [0.25, 0.3) is 0 Å². The topological polar surface area (TPSA) is 75.6 Å². The van der Waals surface area contributed by atoms with Crippen molar-refractivity contribution in [3.8, 4) is 5.75 Å². The zero-order chi connectivity index (χ0) is 14.8. The Morgan fingerprint density at radius 1 is 1.40 bits per heavy atom. The number of amides is 1. The zero-order valence-electron chi connectivity index (χ0n) is 11.7. The molecule has 0 aliphatic heterocycles. The van der Waals surface area contributed by atoms with Crippen LogP contribution in [0, 0.1) is 6.92 Å². The van der Waals surface area contributed by atoms with Crippen molar-refractivity contribution >= 4 is 11.9 Å². The van der Waals surface area contributed by atoms with Crippen LogP contribution in [0.15, 0.2) is 18.2 Å². The Balaban J connectivity index is 2.13. The highest BCUT2D eigenvalue weighted by molar-refractivity contribution is 5.95. The van der Waals surface area contributed by atoms with Gasteiger partial charge in [0.1, 0.15) is 5.75 Å². The van der Waals surface area contributed by atoms with Gasteiger partial charge >= 0.3 is 5.97 Å². The second-order valence-corrected chi connectivity index (χ2v) is 5.34. The molecule has 0 atom stereocenters. The highest BCUT2D eigenvalue weighted by Gasteiger charge is 2.40. The number of methoxy groups -OCH3 is 1. The molecule has 1 aliphatic carbocycles. The van der Waals surface area contributed by atoms with Crippen LogP contribution in [0.1, 0.15) is 41.6 Å². The molecule has 20 heavy (non-hydrogen) atoms. The third kappa shape index (κ3) is 2.92. The minimum absolute atomic E-state index is 0.0261. The van der Waals surface area contributed by atoms with Gasteiger partial charge in [0.2, 0.25) is 0 Å². The lowest BCUT2D eigenvalue weighted by Gasteiger charge is -2.41. The molecule has 5 nitrogen and oxygen atoms in total. The molecular weight excluding hydrogens is 258 g/mol. The summed E-state index contributed by atoms with van der Waals surface area (Å²) in [4.78, 5) is 23.2. The van der Waals surface area contributed by atoms with Crippen molar-refractivity contribution in [1.82, 2.24) is 5.32 Å². The molecule has 1 aliphatic rings. The first-order valence-corrected chi connectivity index (χ1v) is 6.65. The molecule has 108 valence electrons. The lowest BCUT2D eigenvalue weighted by Crippen LogP contribution is -2.54. The summed E-state index contributed by atoms with van der Waals surface area (Å²) in [6, 6.07) is 5.22. The van der Waals surface area contributed by atoms with E-state index in [0.717, 1.165) is 12.0 Å². The second kappa shape index (κ2) is 5.53. The van der Waals surface area contributed by atoms with Gasteiger partial charge in [-0.05, 0) is 43.9 Å². The fourth-order valence-corrected chi connectivity index (χ4v) is 2.51. The third-order valence-corrected chi connectivity index (χ3v) is 3.85. The lowest BCUT2D eigenvalue weighted by molar-refractivity contribution is -0.139. The van der Waals surface area contributed by atoms with E-state index in [1.165, 1.54) is 0 Å². The highest BCUT2D eigenvalue weighted by atomic mass is 16.5. The molecule has 1 amide bonds. The fraction of sp³-hybridized carbons (Fsp3) is 0.467. The summed E-state index contributed by atoms with van der Waals surface area (Å²) < 4.78 is 5.20. The van der Waals surface area contributed by atoms with E-state index in [2.05, 4.69) is 5.32 Å². The van der Waals surface area contributed by atoms with Crippen molar-refractivity contribution < 1.29 is 19.4 Å². The summed E-state index contributed by atoms with van der Waals surface area (Å²) in [5.74, 6) is -0.478. The van der Waals surface area contributed by atoms with Crippen molar-refractivity contribution in [2.75, 3.05) is 7.11 Å². The minimum Gasteiger partial charge on any atom is -0.496 e. The van der Waals surface area contributed by atoms with Crippen LogP contribution in [0.2, 0.25) is 0 Å². The largest absolute Gasteiger partial charge is 0.496 e. The zero-order valence-corrected chi connectivity index (χ0v) is 11.7. The Bertz CT molecular complexity index is 535. The van der Waals surface area contributed by atoms with Gasteiger partial charge in [-0.3, -0.25) is 9.59 Å². The smallest absolute Gasteiger partial charge is 0.305 e. The molecule has 1 fully saturated rings. The van der Waals surface area contributed by atoms with Gasteiger partial charge in [0.25, 0.3) is 5.91 Å². The van der Waals surface area contributed by atoms with Crippen LogP contribution in [0.3, 0.4) is 0 Å². The van der Waals surface area contributed by atoms with Gasteiger partial charge in [-0.1, -0.05) is 6.07 Å². The second-order valence-electron chi connectivity index (χ2n) is 5.34. The van der Waals surface area contributed by atoms with E-state index in [9.17, 15) is 9.59 Å². The molecule has 0 saturated heterocycles. The van der Waals surface area contributed by atoms with E-state index in [-0.39, 0.29) is 12.3 Å². The summed E-state index contributed by atoms with van der Waals surface area (Å²) in [5, 5.41) is 11.8. The Morgan fingerprint density at radius 3 is 2.60 bits per heavy atom. The number of carbonyl (C=O) groups excluding carboxylic acids is 1. The van der Waals surface area contributed by atoms with Gasteiger partial charge in [-0.2, -0.15) is 0 Å². The summed E-state index contributed by atoms with van der Waals surface area (Å²) in [5.41, 5.74) is 0.859. The third-order valence-electron chi connectivity index (χ3n) is 3.85. The number of rotatable bonds is 5. The van der Waals surface area contributed by atoms with Crippen LogP contribution < -0.4 is 10.1 Å². The summed E-state index contributed by atoms with van der Waals surface area (Å²) in [6.07, 6.45) is 2.36. The molecule has 0 radical (unpaired) electrons. The first kappa shape index (κ1) is 14.4. The van der Waals surface area contributed by atoms with E-state index in [4.69, 9.17) is 9.84 Å². The number of hydrogen-bond donors (Lipinski definition) is 2. The van der Waals surface area contributed by atoms with Crippen molar-refractivity contribution in [3.05, 3.63) is 29.3 Å². The Hall–Kier alpha value is -2.04. The maximum absolute atomic E-state index is 12.3. The summed E-state index contributed by atoms with van der Waals surface area (Å²) >= 11 is 0. The molecule has 0 spiro atoms. The van der Waals surface area contributed by atoms with Gasteiger partial charge in [0, 0.05) is 5.56 Å². The van der Waals surface area contributed by atoms with E-state index < -0.39 is 11.5 Å². The van der Waals surface area contributed by atoms with Gasteiger partial charge in [-0.15, -0.1) is 0 Å². The van der Waals surface area contributed by atoms with Crippen molar-refractivity contribution in [3.63, 3.8) is 0 Å². The van der Waals surface area contributed by atoms with E-state index in [1.807, 2.05) is 13.0 Å². The molecule has 0 heterocycles. The summed E-state index contributed by atoms with van der Waals surface area (Å²) in [7, 11) is 1.56. The van der Waals surface area contributed by atoms with Crippen LogP contribution in [0.5, 0.6) is 5.75 Å². The van der Waals surface area contributed by atoms with Crippen LogP contribution in [0.4, 0.5) is 0 Å². The predicted octanol–water partition coefficient (Wildman–Crippen LogP) is 2.13. The van der Waals surface area contributed by atoms with Gasteiger partial charge < -0.3 is 15.2 Å². The van der Waals surface area contributed by atoms with E-state index in [1.54, 1.807) is 19.2 Å². The first-order valence-electron chi connectivity index (χ1n) is 6.65. The standard InChI is InChI=1S/C15H19NO4/c1-10-4-5-11(8-12(10)20-2)14(19)16-15(6-3-7-15)9-13(17)18/h4-5,8H,3,6-7,9H2,1-2H3,(H,16,19)(H,17,18). The maximum atomic E-state index is 12.3. The maximum Gasteiger partial charge on any atom is 0.305 e. The number of ether oxygens (including phenoxy) is 1. The number of carbonyl (C=O) groups is 2. The van der Waals surface area contributed by atoms with Crippen molar-refractivity contribution in [2.45, 2.75) is 38.1 Å². The molecule has 1 aromatic carbocycles. The highest BCUT2D eigenvalue weighted by Crippen LogP contribution is 2.35. The van der Waals surface area contributed by atoms with Crippen molar-refractivity contribution in [1.29, 1.82) is 0 Å². The number of carboxylic acid groups (broad SMARTS) is 1. The SMILES string of the molecule is COc1cc(C(=O)NC2(CC(=O)O)CCC2)ccc1C. The van der Waals surface area contributed by atoms with E-state index in [0.29, 0.717) is 24.2 Å². The van der Waals surface area contributed by atoms with Crippen molar-refractivity contribution in [2.24, 2.45) is 0 Å². The Morgan fingerprint density at radius 2 is 2.10 bits per heavy atom. The lowest BCUT2D eigenvalue weighted by atomic mass is 9.74. The van der Waals surface area contributed by atoms with Gasteiger partial charge in [-0.25, -0.2) is 0 Å². The van der Waals surface area contributed by atoms with Gasteiger partial charge in [0.05, 0.1) is 19.1 Å². The average Bonchev–Trinajstić information content (AvgIpc) is 2.36. The predicted molar refractivity (Wildman–Crippen MR) is 74.0 cm³/mol. The molecule has 1 saturated carbocycles. The van der Waals surface area contributed by atoms with Crippen LogP contribution >= 0.6 is 0 Å². The normalized spacial score (nSPS) is 16.1. The number of aliphatic carboxylic acids is 1. The molecular formula is C15H19NO4.